The largest absolute Gasteiger partial charge is 0.385 e. The summed E-state index contributed by atoms with van der Waals surface area (Å²) in [7, 11) is 1.62. The van der Waals surface area contributed by atoms with Crippen molar-refractivity contribution < 1.29 is 9.53 Å². The quantitative estimate of drug-likeness (QED) is 0.310. The maximum atomic E-state index is 12.9. The van der Waals surface area contributed by atoms with Gasteiger partial charge in [-0.3, -0.25) is 4.79 Å². The minimum Gasteiger partial charge on any atom is -0.385 e. The lowest BCUT2D eigenvalue weighted by atomic mass is 10.2. The number of aromatic nitrogens is 3. The standard InChI is InChI=1S/C22H21BrN6O2/c1-31-11-5-10-25-22(30)18-19-21(28-17-9-3-2-8-16(17)27-19)29(20(18)24)26-13-14-6-4-7-15(23)12-14/h2-4,6-9,12-13H,5,10-11,24H2,1H3,(H,25,30)/b26-13+. The molecule has 0 unspecified atom stereocenters. The van der Waals surface area contributed by atoms with Gasteiger partial charge in [-0.2, -0.15) is 9.78 Å². The van der Waals surface area contributed by atoms with Crippen molar-refractivity contribution in [2.45, 2.75) is 6.42 Å². The Morgan fingerprint density at radius 2 is 2.00 bits per heavy atom. The van der Waals surface area contributed by atoms with Crippen LogP contribution in [0.4, 0.5) is 5.82 Å². The molecule has 0 aliphatic rings. The first-order valence-corrected chi connectivity index (χ1v) is 10.5. The lowest BCUT2D eigenvalue weighted by Crippen LogP contribution is -2.26. The average molecular weight is 481 g/mol. The molecule has 0 saturated heterocycles. The zero-order valence-electron chi connectivity index (χ0n) is 16.9. The summed E-state index contributed by atoms with van der Waals surface area (Å²) in [6.45, 7) is 1.01. The van der Waals surface area contributed by atoms with E-state index >= 15 is 0 Å². The van der Waals surface area contributed by atoms with Gasteiger partial charge in [0.15, 0.2) is 5.65 Å². The highest BCUT2D eigenvalue weighted by molar-refractivity contribution is 9.10. The van der Waals surface area contributed by atoms with Gasteiger partial charge in [-0.15, -0.1) is 0 Å². The fourth-order valence-corrected chi connectivity index (χ4v) is 3.62. The van der Waals surface area contributed by atoms with Crippen LogP contribution >= 0.6 is 15.9 Å². The maximum Gasteiger partial charge on any atom is 0.257 e. The maximum absolute atomic E-state index is 12.9. The minimum absolute atomic E-state index is 0.181. The fraction of sp³-hybridized carbons (Fsp3) is 0.182. The first-order chi connectivity index (χ1) is 15.1. The van der Waals surface area contributed by atoms with Crippen molar-refractivity contribution >= 4 is 56.1 Å². The molecule has 4 rings (SSSR count). The normalized spacial score (nSPS) is 11.5. The molecule has 0 fully saturated rings. The van der Waals surface area contributed by atoms with E-state index in [0.29, 0.717) is 41.8 Å². The lowest BCUT2D eigenvalue weighted by Gasteiger charge is -2.05. The highest BCUT2D eigenvalue weighted by Crippen LogP contribution is 2.27. The molecule has 0 aliphatic heterocycles. The van der Waals surface area contributed by atoms with E-state index in [4.69, 9.17) is 10.5 Å². The summed E-state index contributed by atoms with van der Waals surface area (Å²) < 4.78 is 7.43. The van der Waals surface area contributed by atoms with E-state index in [-0.39, 0.29) is 17.3 Å². The van der Waals surface area contributed by atoms with E-state index in [0.717, 1.165) is 10.0 Å². The Kier molecular flexibility index (Phi) is 6.24. The molecule has 0 atom stereocenters. The molecule has 31 heavy (non-hydrogen) atoms. The average Bonchev–Trinajstić information content (AvgIpc) is 3.04. The molecular weight excluding hydrogens is 460 g/mol. The van der Waals surface area contributed by atoms with Gasteiger partial charge in [-0.05, 0) is 36.2 Å². The van der Waals surface area contributed by atoms with Crippen LogP contribution in [0.15, 0.2) is 58.1 Å². The molecule has 8 nitrogen and oxygen atoms in total. The molecular formula is C22H21BrN6O2. The summed E-state index contributed by atoms with van der Waals surface area (Å²) >= 11 is 3.45. The SMILES string of the molecule is COCCCNC(=O)c1c(N)n(/N=C/c2cccc(Br)c2)c2nc3ccccc3nc12. The first kappa shape index (κ1) is 21.0. The zero-order valence-corrected chi connectivity index (χ0v) is 18.5. The number of methoxy groups -OCH3 is 1. The number of nitrogens with one attached hydrogen (secondary N) is 1. The molecule has 2 aromatic heterocycles. The van der Waals surface area contributed by atoms with Gasteiger partial charge in [0.25, 0.3) is 5.91 Å². The highest BCUT2D eigenvalue weighted by atomic mass is 79.9. The molecule has 0 saturated carbocycles. The van der Waals surface area contributed by atoms with Crippen molar-refractivity contribution in [3.05, 3.63) is 64.1 Å². The van der Waals surface area contributed by atoms with Crippen LogP contribution in [-0.2, 0) is 4.74 Å². The van der Waals surface area contributed by atoms with Crippen molar-refractivity contribution in [2.24, 2.45) is 5.10 Å². The fourth-order valence-electron chi connectivity index (χ4n) is 3.21. The molecule has 2 heterocycles. The third-order valence-electron chi connectivity index (χ3n) is 4.68. The Balaban J connectivity index is 1.81. The summed E-state index contributed by atoms with van der Waals surface area (Å²) in [4.78, 5) is 22.3. The van der Waals surface area contributed by atoms with E-state index in [9.17, 15) is 4.79 Å². The molecule has 0 aliphatic carbocycles. The number of hydrogen-bond acceptors (Lipinski definition) is 6. The summed E-state index contributed by atoms with van der Waals surface area (Å²) in [6.07, 6.45) is 2.36. The second kappa shape index (κ2) is 9.23. The van der Waals surface area contributed by atoms with Crippen LogP contribution < -0.4 is 11.1 Å². The van der Waals surface area contributed by atoms with Crippen LogP contribution in [0.3, 0.4) is 0 Å². The Hall–Kier alpha value is -3.30. The number of nitrogens with two attached hydrogens (primary N) is 1. The third kappa shape index (κ3) is 4.42. The molecule has 0 bridgehead atoms. The predicted octanol–water partition coefficient (Wildman–Crippen LogP) is 3.58. The van der Waals surface area contributed by atoms with E-state index in [1.807, 2.05) is 48.5 Å². The van der Waals surface area contributed by atoms with Gasteiger partial charge in [0.2, 0.25) is 0 Å². The van der Waals surface area contributed by atoms with Gasteiger partial charge in [-0.25, -0.2) is 9.97 Å². The molecule has 2 aromatic carbocycles. The number of para-hydroxylation sites is 2. The van der Waals surface area contributed by atoms with Crippen LogP contribution in [-0.4, -0.2) is 47.0 Å². The van der Waals surface area contributed by atoms with Crippen molar-refractivity contribution in [2.75, 3.05) is 26.0 Å². The Morgan fingerprint density at radius 1 is 1.23 bits per heavy atom. The van der Waals surface area contributed by atoms with Gasteiger partial charge in [0, 0.05) is 24.7 Å². The van der Waals surface area contributed by atoms with Crippen molar-refractivity contribution in [1.82, 2.24) is 20.0 Å². The number of nitrogens with zero attached hydrogens (tertiary/aromatic N) is 4. The number of ether oxygens (including phenoxy) is 1. The molecule has 1 amide bonds. The molecule has 3 N–H and O–H groups in total. The third-order valence-corrected chi connectivity index (χ3v) is 5.18. The number of carbonyl (C=O) groups excluding carboxylic acids is 1. The molecule has 0 spiro atoms. The number of hydrogen-bond donors (Lipinski definition) is 2. The van der Waals surface area contributed by atoms with E-state index in [2.05, 4.69) is 36.3 Å². The van der Waals surface area contributed by atoms with E-state index < -0.39 is 0 Å². The van der Waals surface area contributed by atoms with E-state index in [1.54, 1.807) is 13.3 Å². The van der Waals surface area contributed by atoms with Gasteiger partial charge in [0.1, 0.15) is 16.9 Å². The summed E-state index contributed by atoms with van der Waals surface area (Å²) in [5.74, 6) is -0.139. The van der Waals surface area contributed by atoms with Crippen LogP contribution in [0.25, 0.3) is 22.2 Å². The van der Waals surface area contributed by atoms with Gasteiger partial charge < -0.3 is 15.8 Å². The summed E-state index contributed by atoms with van der Waals surface area (Å²) in [5.41, 5.74) is 9.71. The number of carbonyl (C=O) groups is 1. The number of benzene rings is 2. The number of rotatable bonds is 7. The minimum atomic E-state index is -0.320. The van der Waals surface area contributed by atoms with Gasteiger partial charge in [-0.1, -0.05) is 40.2 Å². The molecule has 0 radical (unpaired) electrons. The van der Waals surface area contributed by atoms with Gasteiger partial charge in [0.05, 0.1) is 17.2 Å². The van der Waals surface area contributed by atoms with Crippen molar-refractivity contribution in [3.63, 3.8) is 0 Å². The summed E-state index contributed by atoms with van der Waals surface area (Å²) in [5, 5.41) is 7.38. The van der Waals surface area contributed by atoms with Crippen LogP contribution in [0, 0.1) is 0 Å². The van der Waals surface area contributed by atoms with Crippen LogP contribution in [0.1, 0.15) is 22.3 Å². The van der Waals surface area contributed by atoms with Crippen LogP contribution in [0.2, 0.25) is 0 Å². The second-order valence-corrected chi connectivity index (χ2v) is 7.77. The number of nitrogen functional groups attached to an aromatic ring is 1. The number of halogens is 1. The number of amides is 1. The zero-order chi connectivity index (χ0) is 21.8. The van der Waals surface area contributed by atoms with Crippen molar-refractivity contribution in [1.29, 1.82) is 0 Å². The summed E-state index contributed by atoms with van der Waals surface area (Å²) in [6, 6.07) is 15.1. The number of fused-ring (bicyclic) bond motifs is 2. The highest BCUT2D eigenvalue weighted by Gasteiger charge is 2.23. The van der Waals surface area contributed by atoms with Crippen LogP contribution in [0.5, 0.6) is 0 Å². The smallest absolute Gasteiger partial charge is 0.257 e. The van der Waals surface area contributed by atoms with E-state index in [1.165, 1.54) is 4.68 Å². The lowest BCUT2D eigenvalue weighted by molar-refractivity contribution is 0.0951. The van der Waals surface area contributed by atoms with Gasteiger partial charge >= 0.3 is 0 Å². The Labute approximate surface area is 187 Å². The Bertz CT molecular complexity index is 1280. The molecule has 4 aromatic rings. The Morgan fingerprint density at radius 3 is 2.74 bits per heavy atom. The second-order valence-electron chi connectivity index (χ2n) is 6.86. The molecule has 9 heteroatoms. The number of anilines is 1. The topological polar surface area (TPSA) is 107 Å². The molecule has 158 valence electrons. The van der Waals surface area contributed by atoms with Crippen molar-refractivity contribution in [3.8, 4) is 0 Å². The monoisotopic (exact) mass is 480 g/mol. The first-order valence-electron chi connectivity index (χ1n) is 9.72. The predicted molar refractivity (Wildman–Crippen MR) is 125 cm³/mol.